The Bertz CT molecular complexity index is 696. The fourth-order valence-corrected chi connectivity index (χ4v) is 3.01. The molecule has 1 atom stereocenters. The second-order valence-electron chi connectivity index (χ2n) is 5.71. The molecular weight excluding hydrogens is 274 g/mol. The molecule has 2 heterocycles. The van der Waals surface area contributed by atoms with Crippen LogP contribution < -0.4 is 5.32 Å². The molecule has 110 valence electrons. The number of nitrogens with zero attached hydrogens (tertiary/aromatic N) is 4. The van der Waals surface area contributed by atoms with Crippen molar-refractivity contribution in [2.75, 3.05) is 18.4 Å². The Kier molecular flexibility index (Phi) is 2.78. The average Bonchev–Trinajstić information content (AvgIpc) is 3.00. The molecule has 0 spiro atoms. The second kappa shape index (κ2) is 4.66. The molecule has 1 N–H and O–H groups in total. The number of non-ortho nitro benzene ring substituents is 1. The van der Waals surface area contributed by atoms with Crippen molar-refractivity contribution in [3.63, 3.8) is 0 Å². The number of benzene rings is 1. The highest BCUT2D eigenvalue weighted by Crippen LogP contribution is 2.33. The normalized spacial score (nSPS) is 22.8. The zero-order valence-electron chi connectivity index (χ0n) is 11.4. The highest BCUT2D eigenvalue weighted by atomic mass is 16.6. The number of likely N-dealkylation sites (tertiary alicyclic amines) is 1. The molecule has 0 bridgehead atoms. The number of nitrogens with one attached hydrogen (secondary N) is 1. The summed E-state index contributed by atoms with van der Waals surface area (Å²) in [5.41, 5.74) is 1.29. The van der Waals surface area contributed by atoms with Crippen LogP contribution >= 0.6 is 0 Å². The van der Waals surface area contributed by atoms with Crippen LogP contribution in [0, 0.1) is 10.1 Å². The predicted octanol–water partition coefficient (Wildman–Crippen LogP) is 1.78. The summed E-state index contributed by atoms with van der Waals surface area (Å²) < 4.78 is 4.68. The van der Waals surface area contributed by atoms with Crippen LogP contribution in [-0.2, 0) is 0 Å². The first-order valence-electron chi connectivity index (χ1n) is 7.12. The van der Waals surface area contributed by atoms with Crippen molar-refractivity contribution in [3.8, 4) is 0 Å². The maximum Gasteiger partial charge on any atom is 0.300 e. The van der Waals surface area contributed by atoms with Crippen molar-refractivity contribution < 1.29 is 9.55 Å². The molecule has 8 nitrogen and oxygen atoms in total. The summed E-state index contributed by atoms with van der Waals surface area (Å²) in [6, 6.07) is 4.24. The van der Waals surface area contributed by atoms with E-state index in [4.69, 9.17) is 0 Å². The highest BCUT2D eigenvalue weighted by Gasteiger charge is 2.34. The fourth-order valence-electron chi connectivity index (χ4n) is 3.01. The van der Waals surface area contributed by atoms with E-state index in [-0.39, 0.29) is 11.2 Å². The molecule has 8 heteroatoms. The van der Waals surface area contributed by atoms with Gasteiger partial charge in [0.05, 0.1) is 10.6 Å². The summed E-state index contributed by atoms with van der Waals surface area (Å²) in [5, 5.41) is 21.8. The number of nitro groups is 1. The van der Waals surface area contributed by atoms with E-state index >= 15 is 0 Å². The fraction of sp³-hybridized carbons (Fsp3) is 0.538. The van der Waals surface area contributed by atoms with E-state index in [1.807, 2.05) is 0 Å². The van der Waals surface area contributed by atoms with E-state index < -0.39 is 4.92 Å². The Labute approximate surface area is 120 Å². The molecule has 1 saturated carbocycles. The lowest BCUT2D eigenvalue weighted by Gasteiger charge is -2.16. The molecule has 1 aromatic heterocycles. The largest absolute Gasteiger partial charge is 0.379 e. The van der Waals surface area contributed by atoms with Crippen LogP contribution in [0.15, 0.2) is 16.8 Å². The Balaban J connectivity index is 1.58. The van der Waals surface area contributed by atoms with Crippen LogP contribution in [0.1, 0.15) is 19.3 Å². The summed E-state index contributed by atoms with van der Waals surface area (Å²) in [6.07, 6.45) is 3.68. The van der Waals surface area contributed by atoms with Gasteiger partial charge in [-0.15, -0.1) is 0 Å². The number of hydrogen-bond donors (Lipinski definition) is 1. The summed E-state index contributed by atoms with van der Waals surface area (Å²) >= 11 is 0. The Morgan fingerprint density at radius 2 is 2.10 bits per heavy atom. The number of hydrogen-bond acceptors (Lipinski definition) is 7. The molecule has 0 radical (unpaired) electrons. The first-order valence-corrected chi connectivity index (χ1v) is 7.12. The van der Waals surface area contributed by atoms with Crippen molar-refractivity contribution in [2.45, 2.75) is 31.3 Å². The van der Waals surface area contributed by atoms with Crippen molar-refractivity contribution in [1.29, 1.82) is 0 Å². The van der Waals surface area contributed by atoms with Crippen molar-refractivity contribution in [2.24, 2.45) is 0 Å². The predicted molar refractivity (Wildman–Crippen MR) is 75.1 cm³/mol. The van der Waals surface area contributed by atoms with E-state index in [2.05, 4.69) is 25.2 Å². The molecular formula is C13H15N5O3. The van der Waals surface area contributed by atoms with Crippen LogP contribution in [-0.4, -0.2) is 45.3 Å². The molecule has 0 amide bonds. The third-order valence-electron chi connectivity index (χ3n) is 4.23. The molecule has 4 rings (SSSR count). The standard InChI is InChI=1S/C13H15N5O3/c19-18(20)11-4-3-10(12-13(11)16-21-15-12)14-8-5-6-17(7-8)9-1-2-9/h3-4,8-9,14H,1-2,5-7H2. The van der Waals surface area contributed by atoms with Gasteiger partial charge in [-0.05, 0) is 35.6 Å². The first kappa shape index (κ1) is 12.5. The average molecular weight is 289 g/mol. The Hall–Kier alpha value is -2.22. The van der Waals surface area contributed by atoms with Crippen LogP contribution in [0.2, 0.25) is 0 Å². The van der Waals surface area contributed by atoms with Gasteiger partial charge in [0.15, 0.2) is 5.52 Å². The molecule has 1 aliphatic heterocycles. The van der Waals surface area contributed by atoms with E-state index in [1.54, 1.807) is 6.07 Å². The number of rotatable bonds is 4. The van der Waals surface area contributed by atoms with Gasteiger partial charge in [-0.2, -0.15) is 0 Å². The Morgan fingerprint density at radius 1 is 1.29 bits per heavy atom. The first-order chi connectivity index (χ1) is 10.2. The monoisotopic (exact) mass is 289 g/mol. The minimum Gasteiger partial charge on any atom is -0.379 e. The number of nitro benzene ring substituents is 1. The lowest BCUT2D eigenvalue weighted by atomic mass is 10.2. The van der Waals surface area contributed by atoms with Gasteiger partial charge < -0.3 is 5.32 Å². The molecule has 2 aliphatic rings. The van der Waals surface area contributed by atoms with Gasteiger partial charge in [-0.25, -0.2) is 4.63 Å². The van der Waals surface area contributed by atoms with E-state index in [0.29, 0.717) is 11.6 Å². The SMILES string of the molecule is O=[N+]([O-])c1ccc(NC2CCN(C3CC3)C2)c2nonc12. The Morgan fingerprint density at radius 3 is 2.86 bits per heavy atom. The maximum atomic E-state index is 11.0. The van der Waals surface area contributed by atoms with E-state index in [1.165, 1.54) is 18.9 Å². The molecule has 1 saturated heterocycles. The minimum absolute atomic E-state index is 0.0807. The topological polar surface area (TPSA) is 97.3 Å². The zero-order chi connectivity index (χ0) is 14.4. The van der Waals surface area contributed by atoms with Crippen LogP contribution in [0.5, 0.6) is 0 Å². The van der Waals surface area contributed by atoms with E-state index in [0.717, 1.165) is 31.2 Å². The molecule has 21 heavy (non-hydrogen) atoms. The van der Waals surface area contributed by atoms with Gasteiger partial charge in [0.2, 0.25) is 5.52 Å². The highest BCUT2D eigenvalue weighted by molar-refractivity contribution is 5.93. The van der Waals surface area contributed by atoms with Gasteiger partial charge in [0.25, 0.3) is 0 Å². The molecule has 2 aromatic rings. The third-order valence-corrected chi connectivity index (χ3v) is 4.23. The summed E-state index contributed by atoms with van der Waals surface area (Å²) in [5.74, 6) is 0. The van der Waals surface area contributed by atoms with Crippen LogP contribution in [0.25, 0.3) is 11.0 Å². The van der Waals surface area contributed by atoms with Gasteiger partial charge in [0.1, 0.15) is 0 Å². The van der Waals surface area contributed by atoms with Crippen molar-refractivity contribution in [1.82, 2.24) is 15.2 Å². The number of aromatic nitrogens is 2. The van der Waals surface area contributed by atoms with Gasteiger partial charge in [-0.1, -0.05) is 0 Å². The molecule has 1 aromatic carbocycles. The smallest absolute Gasteiger partial charge is 0.300 e. The van der Waals surface area contributed by atoms with Gasteiger partial charge in [-0.3, -0.25) is 15.0 Å². The maximum absolute atomic E-state index is 11.0. The lowest BCUT2D eigenvalue weighted by molar-refractivity contribution is -0.383. The summed E-state index contributed by atoms with van der Waals surface area (Å²) in [6.45, 7) is 2.12. The molecule has 2 fully saturated rings. The van der Waals surface area contributed by atoms with Crippen molar-refractivity contribution >= 4 is 22.4 Å². The second-order valence-corrected chi connectivity index (χ2v) is 5.71. The van der Waals surface area contributed by atoms with Gasteiger partial charge >= 0.3 is 5.69 Å². The summed E-state index contributed by atoms with van der Waals surface area (Å²) in [4.78, 5) is 13.0. The molecule has 1 unspecified atom stereocenters. The minimum atomic E-state index is -0.472. The third kappa shape index (κ3) is 2.21. The summed E-state index contributed by atoms with van der Waals surface area (Å²) in [7, 11) is 0. The number of anilines is 1. The van der Waals surface area contributed by atoms with Crippen LogP contribution in [0.4, 0.5) is 11.4 Å². The molecule has 1 aliphatic carbocycles. The lowest BCUT2D eigenvalue weighted by Crippen LogP contribution is -2.27. The van der Waals surface area contributed by atoms with E-state index in [9.17, 15) is 10.1 Å². The van der Waals surface area contributed by atoms with Crippen LogP contribution in [0.3, 0.4) is 0 Å². The quantitative estimate of drug-likeness (QED) is 0.676. The van der Waals surface area contributed by atoms with Crippen molar-refractivity contribution in [3.05, 3.63) is 22.2 Å². The van der Waals surface area contributed by atoms with Gasteiger partial charge in [0, 0.05) is 31.2 Å². The number of fused-ring (bicyclic) bond motifs is 1. The zero-order valence-corrected chi connectivity index (χ0v) is 11.4.